The molecule has 0 aliphatic carbocycles. The van der Waals surface area contributed by atoms with E-state index in [4.69, 9.17) is 13.9 Å². The van der Waals surface area contributed by atoms with E-state index in [1.807, 2.05) is 0 Å². The van der Waals surface area contributed by atoms with Crippen molar-refractivity contribution in [2.45, 2.75) is 14.9 Å². The Morgan fingerprint density at radius 3 is 1.36 bits per heavy atom. The molecule has 0 radical (unpaired) electrons. The molecule has 14 heavy (non-hydrogen) atoms. The van der Waals surface area contributed by atoms with Gasteiger partial charge >= 0.3 is 127 Å². The van der Waals surface area contributed by atoms with Crippen LogP contribution in [0.3, 0.4) is 0 Å². The largest absolute Gasteiger partial charge is 0.870 e. The zero-order chi connectivity index (χ0) is 7.70. The van der Waals surface area contributed by atoms with E-state index in [9.17, 15) is 0 Å². The first-order valence-corrected chi connectivity index (χ1v) is 19.4. The molecular formula is C3H12Na4O4SSe2. The van der Waals surface area contributed by atoms with Crippen molar-refractivity contribution < 1.29 is 78.5 Å². The van der Waals surface area contributed by atoms with Crippen molar-refractivity contribution in [3.63, 3.8) is 0 Å². The molecule has 1 atom stereocenters. The van der Waals surface area contributed by atoms with Crippen LogP contribution in [-0.2, 0) is 11.1 Å². The van der Waals surface area contributed by atoms with E-state index in [0.717, 1.165) is 0 Å². The summed E-state index contributed by atoms with van der Waals surface area (Å²) >= 11 is 0.762. The maximum Gasteiger partial charge on any atom is -0.870 e. The van der Waals surface area contributed by atoms with E-state index >= 15 is 0 Å². The van der Waals surface area contributed by atoms with Gasteiger partial charge < -0.3 is 15.1 Å². The van der Waals surface area contributed by atoms with E-state index in [1.165, 1.54) is 68.1 Å². The third-order valence-electron chi connectivity index (χ3n) is 0.272. The Morgan fingerprint density at radius 2 is 1.36 bits per heavy atom. The van der Waals surface area contributed by atoms with Crippen molar-refractivity contribution in [2.24, 2.45) is 0 Å². The summed E-state index contributed by atoms with van der Waals surface area (Å²) < 4.78 is 18.2. The van der Waals surface area contributed by atoms with Gasteiger partial charge in [-0.15, -0.1) is 0 Å². The number of hydrogen-bond acceptors (Lipinski definition) is 4. The molecule has 0 saturated carbocycles. The third-order valence-corrected chi connectivity index (χ3v) is 40.8. The first kappa shape index (κ1) is 42.7. The van der Waals surface area contributed by atoms with Gasteiger partial charge in [0.05, 0.1) is 0 Å². The topological polar surface area (TPSA) is 90.4 Å². The van der Waals surface area contributed by atoms with Crippen LogP contribution in [-0.4, -0.2) is 93.4 Å². The van der Waals surface area contributed by atoms with Gasteiger partial charge in [-0.3, -0.25) is 4.21 Å². The van der Waals surface area contributed by atoms with Gasteiger partial charge in [0.25, 0.3) is 0 Å². The van der Waals surface area contributed by atoms with Crippen LogP contribution < -0.4 is 59.1 Å². The fraction of sp³-hybridized carbons (Fsp3) is 1.00. The van der Waals surface area contributed by atoms with Gasteiger partial charge in [0.15, 0.2) is 0 Å². The molecule has 11 heteroatoms. The summed E-state index contributed by atoms with van der Waals surface area (Å²) in [5.74, 6) is -0.778. The minimum atomic E-state index is -2.27. The number of aliphatic hydroxyl groups excluding tert-OH is 1. The standard InChI is InChI=1S/CH4O3S.2CH4.4Na.H2O.Se2/c2-1-5(3)4;;;;;;;;1-2/h2H,1H2,(H,3,4);2*1H4;;;;;1H2;/q;;;4*+1;;-2/p-2. The van der Waals surface area contributed by atoms with Gasteiger partial charge in [0.2, 0.25) is 0 Å². The molecule has 0 aromatic rings. The van der Waals surface area contributed by atoms with Gasteiger partial charge in [-0.25, -0.2) is 0 Å². The van der Waals surface area contributed by atoms with Crippen LogP contribution in [0.4, 0.5) is 0 Å². The molecule has 0 fully saturated rings. The molecule has 0 aromatic heterocycles. The maximum absolute atomic E-state index is 9.12. The second-order valence-corrected chi connectivity index (χ2v) is 28.3. The summed E-state index contributed by atoms with van der Waals surface area (Å²) in [6, 6.07) is 0. The molecule has 0 bridgehead atoms. The van der Waals surface area contributed by atoms with Crippen molar-refractivity contribution in [3.05, 3.63) is 0 Å². The number of hydrogen-bond donors (Lipinski definition) is 1. The predicted molar refractivity (Wildman–Crippen MR) is 54.4 cm³/mol. The molecule has 4 nitrogen and oxygen atoms in total. The molecule has 0 rings (SSSR count). The molecule has 0 amide bonds. The SMILES string of the molecule is C.C.O=S([O-])CO.[Na+].[Na+].[Na][Se][Se][Na].[OH-]. The number of aliphatic hydroxyl groups is 1. The van der Waals surface area contributed by atoms with Crippen LogP contribution in [0.5, 0.6) is 0 Å². The summed E-state index contributed by atoms with van der Waals surface area (Å²) in [5.41, 5.74) is 0. The molecule has 0 heterocycles. The van der Waals surface area contributed by atoms with Crippen LogP contribution in [0.1, 0.15) is 14.9 Å². The summed E-state index contributed by atoms with van der Waals surface area (Å²) in [6.45, 7) is 0. The van der Waals surface area contributed by atoms with Gasteiger partial charge in [-0.1, -0.05) is 14.9 Å². The predicted octanol–water partition coefficient (Wildman–Crippen LogP) is -7.60. The van der Waals surface area contributed by atoms with Crippen molar-refractivity contribution in [3.8, 4) is 0 Å². The molecule has 0 aromatic carbocycles. The Balaban J connectivity index is -0.0000000104. The van der Waals surface area contributed by atoms with E-state index in [1.54, 1.807) is 0 Å². The number of rotatable bonds is 2. The molecule has 2 N–H and O–H groups in total. The summed E-state index contributed by atoms with van der Waals surface area (Å²) in [4.78, 5) is 0. The van der Waals surface area contributed by atoms with E-state index in [2.05, 4.69) is 0 Å². The van der Waals surface area contributed by atoms with Crippen LogP contribution in [0.15, 0.2) is 0 Å². The normalized spacial score (nSPS) is 7.57. The van der Waals surface area contributed by atoms with Gasteiger partial charge in [-0.2, -0.15) is 0 Å². The summed E-state index contributed by atoms with van der Waals surface area (Å²) in [7, 11) is 2.36. The van der Waals surface area contributed by atoms with Crippen molar-refractivity contribution >= 4 is 79.2 Å². The van der Waals surface area contributed by atoms with Gasteiger partial charge in [0, 0.05) is 0 Å². The molecule has 0 saturated heterocycles. The van der Waals surface area contributed by atoms with Crippen molar-refractivity contribution in [2.75, 3.05) is 5.94 Å². The second kappa shape index (κ2) is 43.0. The van der Waals surface area contributed by atoms with Crippen LogP contribution in [0.25, 0.3) is 0 Å². The van der Waals surface area contributed by atoms with Crippen LogP contribution in [0.2, 0.25) is 0 Å². The van der Waals surface area contributed by atoms with Crippen molar-refractivity contribution in [1.82, 2.24) is 0 Å². The smallest absolute Gasteiger partial charge is 0.870 e. The fourth-order valence-corrected chi connectivity index (χ4v) is 0. The second-order valence-electron chi connectivity index (χ2n) is 0.766. The van der Waals surface area contributed by atoms with E-state index in [0.29, 0.717) is 0 Å². The first-order valence-electron chi connectivity index (χ1n) is 1.92. The minimum absolute atomic E-state index is 0. The Kier molecular flexibility index (Phi) is 131. The molecular weight excluding hydrogens is 382 g/mol. The first-order chi connectivity index (χ1) is 4.18. The summed E-state index contributed by atoms with van der Waals surface area (Å²) in [5, 5.41) is 7.53. The molecule has 0 aliphatic heterocycles. The Morgan fingerprint density at radius 1 is 1.21 bits per heavy atom. The van der Waals surface area contributed by atoms with Gasteiger partial charge in [-0.05, 0) is 11.1 Å². The average Bonchev–Trinajstić information content (AvgIpc) is 1.89. The Labute approximate surface area is 174 Å². The van der Waals surface area contributed by atoms with E-state index < -0.39 is 17.0 Å². The zero-order valence-electron chi connectivity index (χ0n) is 7.64. The van der Waals surface area contributed by atoms with Crippen LogP contribution >= 0.6 is 0 Å². The van der Waals surface area contributed by atoms with Gasteiger partial charge in [0.1, 0.15) is 5.94 Å². The fourth-order valence-electron chi connectivity index (χ4n) is 0. The Bertz CT molecular complexity index is 81.6. The minimum Gasteiger partial charge on any atom is -0.870 e. The van der Waals surface area contributed by atoms with Crippen LogP contribution in [0, 0.1) is 0 Å². The monoisotopic (exact) mass is 396 g/mol. The van der Waals surface area contributed by atoms with E-state index in [-0.39, 0.29) is 79.4 Å². The van der Waals surface area contributed by atoms with Crippen molar-refractivity contribution in [1.29, 1.82) is 0 Å². The zero-order valence-corrected chi connectivity index (χ0v) is 19.9. The maximum atomic E-state index is 9.12. The quantitative estimate of drug-likeness (QED) is 0.372. The molecule has 0 spiro atoms. The third kappa shape index (κ3) is 67.7. The average molecular weight is 394 g/mol. The molecule has 0 aliphatic rings. The Hall–Kier alpha value is 5.07. The summed E-state index contributed by atoms with van der Waals surface area (Å²) in [6.07, 6.45) is 0. The molecule has 70 valence electrons. The molecule has 1 unspecified atom stereocenters.